The van der Waals surface area contributed by atoms with Crippen LogP contribution >= 0.6 is 0 Å². The lowest BCUT2D eigenvalue weighted by Gasteiger charge is -2.01. The third-order valence-electron chi connectivity index (χ3n) is 1.02. The molecule has 0 atom stereocenters. The molecule has 1 radical (unpaired) electrons. The van der Waals surface area contributed by atoms with Crippen molar-refractivity contribution < 1.29 is 0 Å². The lowest BCUT2D eigenvalue weighted by Crippen LogP contribution is -1.86. The van der Waals surface area contributed by atoms with Crippen molar-refractivity contribution in [1.29, 1.82) is 0 Å². The van der Waals surface area contributed by atoms with E-state index in [-0.39, 0.29) is 0 Å². The van der Waals surface area contributed by atoms with Gasteiger partial charge < -0.3 is 0 Å². The monoisotopic (exact) mass is 123 g/mol. The summed E-state index contributed by atoms with van der Waals surface area (Å²) in [5, 5.41) is 0. The van der Waals surface area contributed by atoms with E-state index in [1.165, 1.54) is 0 Å². The van der Waals surface area contributed by atoms with E-state index in [0.717, 1.165) is 12.0 Å². The van der Waals surface area contributed by atoms with Gasteiger partial charge in [0.25, 0.3) is 0 Å². The summed E-state index contributed by atoms with van der Waals surface area (Å²) in [6.07, 6.45) is 4.93. The number of rotatable bonds is 3. The molecule has 0 bridgehead atoms. The molecule has 0 aliphatic heterocycles. The van der Waals surface area contributed by atoms with Crippen LogP contribution in [-0.4, -0.2) is 0 Å². The normalized spacial score (nSPS) is 11.1. The molecule has 0 aromatic rings. The Bertz CT molecular complexity index is 107. The zero-order valence-electron chi connectivity index (χ0n) is 6.52. The summed E-state index contributed by atoms with van der Waals surface area (Å²) in [5.74, 6) is 0.668. The summed E-state index contributed by atoms with van der Waals surface area (Å²) in [5.41, 5.74) is 0.979. The lowest BCUT2D eigenvalue weighted by molar-refractivity contribution is 0.650. The minimum Gasteiger partial charge on any atom is -0.0874 e. The highest BCUT2D eigenvalue weighted by Crippen LogP contribution is 2.08. The molecular weight excluding hydrogens is 108 g/mol. The van der Waals surface area contributed by atoms with E-state index in [9.17, 15) is 0 Å². The Morgan fingerprint density at radius 2 is 2.11 bits per heavy atom. The van der Waals surface area contributed by atoms with Crippen molar-refractivity contribution in [3.8, 4) is 0 Å². The van der Waals surface area contributed by atoms with Gasteiger partial charge in [0.1, 0.15) is 0 Å². The van der Waals surface area contributed by atoms with Gasteiger partial charge in [-0.15, -0.1) is 0 Å². The Kier molecular flexibility index (Phi) is 4.12. The second-order valence-corrected chi connectivity index (χ2v) is 2.67. The zero-order valence-corrected chi connectivity index (χ0v) is 6.52. The topological polar surface area (TPSA) is 0 Å². The molecule has 0 aliphatic carbocycles. The maximum absolute atomic E-state index is 5.62. The first-order chi connectivity index (χ1) is 4.16. The molecular formula is C9H15. The van der Waals surface area contributed by atoms with E-state index < -0.39 is 0 Å². The Labute approximate surface area is 58.3 Å². The number of allylic oxidation sites excluding steroid dienone is 3. The second kappa shape index (κ2) is 4.37. The number of hydrogen-bond donors (Lipinski definition) is 0. The minimum absolute atomic E-state index is 0.668. The Morgan fingerprint density at radius 3 is 2.44 bits per heavy atom. The van der Waals surface area contributed by atoms with Crippen LogP contribution in [0, 0.1) is 12.5 Å². The van der Waals surface area contributed by atoms with Crippen molar-refractivity contribution in [3.05, 3.63) is 24.3 Å². The molecule has 0 N–H and O–H groups in total. The average molecular weight is 123 g/mol. The highest BCUT2D eigenvalue weighted by Gasteiger charge is 1.92. The summed E-state index contributed by atoms with van der Waals surface area (Å²) in [7, 11) is 0. The van der Waals surface area contributed by atoms with E-state index in [0.29, 0.717) is 5.92 Å². The van der Waals surface area contributed by atoms with Gasteiger partial charge in [-0.2, -0.15) is 0 Å². The maximum atomic E-state index is 5.62. The maximum Gasteiger partial charge on any atom is -0.0256 e. The van der Waals surface area contributed by atoms with E-state index in [1.54, 1.807) is 0 Å². The van der Waals surface area contributed by atoms with Gasteiger partial charge >= 0.3 is 0 Å². The van der Waals surface area contributed by atoms with E-state index in [1.807, 2.05) is 19.1 Å². The summed E-state index contributed by atoms with van der Waals surface area (Å²) in [6.45, 7) is 11.9. The molecule has 0 saturated heterocycles. The van der Waals surface area contributed by atoms with Crippen molar-refractivity contribution in [3.63, 3.8) is 0 Å². The SMILES string of the molecule is [CH]=C(C=CC)CC(C)C. The van der Waals surface area contributed by atoms with Crippen LogP contribution in [0.5, 0.6) is 0 Å². The van der Waals surface area contributed by atoms with Gasteiger partial charge in [0.05, 0.1) is 0 Å². The molecule has 0 saturated carbocycles. The summed E-state index contributed by atoms with van der Waals surface area (Å²) in [4.78, 5) is 0. The van der Waals surface area contributed by atoms with E-state index >= 15 is 0 Å². The van der Waals surface area contributed by atoms with Crippen LogP contribution in [0.3, 0.4) is 0 Å². The van der Waals surface area contributed by atoms with Gasteiger partial charge in [-0.05, 0) is 24.8 Å². The van der Waals surface area contributed by atoms with E-state index in [4.69, 9.17) is 6.58 Å². The van der Waals surface area contributed by atoms with Gasteiger partial charge in [-0.1, -0.05) is 32.6 Å². The van der Waals surface area contributed by atoms with Gasteiger partial charge in [-0.3, -0.25) is 0 Å². The fraction of sp³-hybridized carbons (Fsp3) is 0.556. The highest BCUT2D eigenvalue weighted by atomic mass is 14.0. The quantitative estimate of drug-likeness (QED) is 0.506. The Balaban J connectivity index is 3.51. The molecule has 9 heavy (non-hydrogen) atoms. The predicted molar refractivity (Wildman–Crippen MR) is 42.1 cm³/mol. The molecule has 0 rings (SSSR count). The molecule has 0 heterocycles. The molecule has 0 aromatic heterocycles. The Morgan fingerprint density at radius 1 is 1.56 bits per heavy atom. The van der Waals surface area contributed by atoms with Crippen LogP contribution in [0.4, 0.5) is 0 Å². The lowest BCUT2D eigenvalue weighted by atomic mass is 10.0. The summed E-state index contributed by atoms with van der Waals surface area (Å²) < 4.78 is 0. The van der Waals surface area contributed by atoms with Crippen molar-refractivity contribution in [1.82, 2.24) is 0 Å². The van der Waals surface area contributed by atoms with Crippen LogP contribution in [0.15, 0.2) is 17.7 Å². The molecule has 51 valence electrons. The standard InChI is InChI=1S/C9H15/c1-5-6-9(4)7-8(2)3/h4-6,8H,7H2,1-3H3. The van der Waals surface area contributed by atoms with E-state index in [2.05, 4.69) is 13.8 Å². The molecule has 0 fully saturated rings. The van der Waals surface area contributed by atoms with Crippen LogP contribution in [-0.2, 0) is 0 Å². The molecule has 0 aromatic carbocycles. The van der Waals surface area contributed by atoms with Gasteiger partial charge in [0, 0.05) is 0 Å². The molecule has 0 amide bonds. The molecule has 0 unspecified atom stereocenters. The average Bonchev–Trinajstić information content (AvgIpc) is 1.63. The van der Waals surface area contributed by atoms with Crippen LogP contribution in [0.25, 0.3) is 0 Å². The third-order valence-corrected chi connectivity index (χ3v) is 1.02. The van der Waals surface area contributed by atoms with Gasteiger partial charge in [-0.25, -0.2) is 0 Å². The van der Waals surface area contributed by atoms with Crippen LogP contribution < -0.4 is 0 Å². The summed E-state index contributed by atoms with van der Waals surface area (Å²) >= 11 is 0. The highest BCUT2D eigenvalue weighted by molar-refractivity contribution is 5.11. The van der Waals surface area contributed by atoms with Crippen molar-refractivity contribution >= 4 is 0 Å². The Hall–Kier alpha value is -0.520. The van der Waals surface area contributed by atoms with Gasteiger partial charge in [0.2, 0.25) is 0 Å². The molecule has 0 nitrogen and oxygen atoms in total. The fourth-order valence-corrected chi connectivity index (χ4v) is 0.754. The smallest absolute Gasteiger partial charge is 0.0256 e. The minimum atomic E-state index is 0.668. The first-order valence-electron chi connectivity index (χ1n) is 3.40. The number of hydrogen-bond acceptors (Lipinski definition) is 0. The fourth-order valence-electron chi connectivity index (χ4n) is 0.754. The van der Waals surface area contributed by atoms with Crippen LogP contribution in [0.1, 0.15) is 27.2 Å². The predicted octanol–water partition coefficient (Wildman–Crippen LogP) is 2.97. The largest absolute Gasteiger partial charge is 0.0874 e. The molecule has 0 heteroatoms. The first-order valence-corrected chi connectivity index (χ1v) is 3.40. The second-order valence-electron chi connectivity index (χ2n) is 2.67. The first kappa shape index (κ1) is 8.48. The van der Waals surface area contributed by atoms with Gasteiger partial charge in [0.15, 0.2) is 0 Å². The molecule has 0 spiro atoms. The van der Waals surface area contributed by atoms with Crippen molar-refractivity contribution in [2.45, 2.75) is 27.2 Å². The summed E-state index contributed by atoms with van der Waals surface area (Å²) in [6, 6.07) is 0. The van der Waals surface area contributed by atoms with Crippen molar-refractivity contribution in [2.75, 3.05) is 0 Å². The van der Waals surface area contributed by atoms with Crippen molar-refractivity contribution in [2.24, 2.45) is 5.92 Å². The third kappa shape index (κ3) is 5.35. The zero-order chi connectivity index (χ0) is 7.28. The molecule has 0 aliphatic rings. The van der Waals surface area contributed by atoms with Crippen LogP contribution in [0.2, 0.25) is 0 Å².